The smallest absolute Gasteiger partial charge is 0.171 e. The van der Waals surface area contributed by atoms with Gasteiger partial charge in [-0.15, -0.1) is 0 Å². The van der Waals surface area contributed by atoms with Crippen molar-refractivity contribution in [1.29, 1.82) is 0 Å². The summed E-state index contributed by atoms with van der Waals surface area (Å²) >= 11 is 0. The van der Waals surface area contributed by atoms with Gasteiger partial charge in [0.1, 0.15) is 0 Å². The monoisotopic (exact) mass is 340 g/mol. The molecule has 0 spiro atoms. The predicted molar refractivity (Wildman–Crippen MR) is 91.0 cm³/mol. The van der Waals surface area contributed by atoms with E-state index in [0.717, 1.165) is 32.1 Å². The number of allylic oxidation sites excluding steroid dienone is 2. The summed E-state index contributed by atoms with van der Waals surface area (Å²) in [7, 11) is 0. The molecule has 0 radical (unpaired) electrons. The average molecular weight is 340 g/mol. The van der Waals surface area contributed by atoms with Gasteiger partial charge in [-0.05, 0) is 44.9 Å². The topological polar surface area (TPSA) is 9.23 Å². The third kappa shape index (κ3) is 3.96. The van der Waals surface area contributed by atoms with Crippen LogP contribution >= 0.6 is 0 Å². The Bertz CT molecular complexity index is 622. The Morgan fingerprint density at radius 3 is 2.38 bits per heavy atom. The molecule has 1 nitrogen and oxygen atoms in total. The van der Waals surface area contributed by atoms with E-state index in [0.29, 0.717) is 6.61 Å². The zero-order chi connectivity index (χ0) is 17.9. The molecule has 1 atom stereocenters. The van der Waals surface area contributed by atoms with Crippen LogP contribution in [0.3, 0.4) is 0 Å². The van der Waals surface area contributed by atoms with Gasteiger partial charge in [0, 0.05) is 16.5 Å². The average Bonchev–Trinajstić information content (AvgIpc) is 2.51. The highest BCUT2D eigenvalue weighted by atomic mass is 19.2. The molecule has 0 bridgehead atoms. The maximum atomic E-state index is 14.5. The molecule has 0 N–H and O–H groups in total. The molecule has 1 aromatic carbocycles. The number of rotatable bonds is 4. The minimum atomic E-state index is -1.12. The van der Waals surface area contributed by atoms with Crippen LogP contribution in [-0.2, 0) is 0 Å². The summed E-state index contributed by atoms with van der Waals surface area (Å²) in [6.45, 7) is 7.09. The quantitative estimate of drug-likeness (QED) is 0.452. The maximum Gasteiger partial charge on any atom is 0.171 e. The van der Waals surface area contributed by atoms with Gasteiger partial charge >= 0.3 is 0 Å². The van der Waals surface area contributed by atoms with Crippen LogP contribution in [-0.4, -0.2) is 6.61 Å². The van der Waals surface area contributed by atoms with Gasteiger partial charge in [0.15, 0.2) is 23.2 Å². The summed E-state index contributed by atoms with van der Waals surface area (Å²) in [6.07, 6.45) is 9.30. The second-order valence-corrected chi connectivity index (χ2v) is 7.47. The van der Waals surface area contributed by atoms with Crippen LogP contribution in [0.15, 0.2) is 12.2 Å². The van der Waals surface area contributed by atoms with Gasteiger partial charge in [-0.25, -0.2) is 13.2 Å². The third-order valence-corrected chi connectivity index (χ3v) is 4.91. The van der Waals surface area contributed by atoms with E-state index in [4.69, 9.17) is 4.74 Å². The van der Waals surface area contributed by atoms with E-state index in [9.17, 15) is 13.2 Å². The predicted octanol–water partition coefficient (Wildman–Crippen LogP) is 6.44. The summed E-state index contributed by atoms with van der Waals surface area (Å²) in [5.74, 6) is -3.39. The molecular formula is C20H27F3O. The summed E-state index contributed by atoms with van der Waals surface area (Å²) < 4.78 is 48.5. The molecule has 0 amide bonds. The number of ether oxygens (including phenoxy) is 1. The van der Waals surface area contributed by atoms with Crippen molar-refractivity contribution in [2.45, 2.75) is 65.7 Å². The van der Waals surface area contributed by atoms with E-state index >= 15 is 0 Å². The Labute approximate surface area is 142 Å². The Hall–Kier alpha value is -1.45. The molecule has 1 aliphatic carbocycles. The Balaban J connectivity index is 2.30. The van der Waals surface area contributed by atoms with Gasteiger partial charge in [0.05, 0.1) is 6.61 Å². The van der Waals surface area contributed by atoms with E-state index in [1.54, 1.807) is 13.8 Å². The van der Waals surface area contributed by atoms with Crippen molar-refractivity contribution in [2.75, 3.05) is 6.61 Å². The van der Waals surface area contributed by atoms with Crippen LogP contribution in [0.1, 0.15) is 69.9 Å². The first kappa shape index (κ1) is 18.9. The minimum absolute atomic E-state index is 0.00931. The Morgan fingerprint density at radius 1 is 1.04 bits per heavy atom. The molecule has 24 heavy (non-hydrogen) atoms. The second kappa shape index (κ2) is 7.62. The van der Waals surface area contributed by atoms with Gasteiger partial charge < -0.3 is 4.74 Å². The molecule has 134 valence electrons. The second-order valence-electron chi connectivity index (χ2n) is 7.47. The molecule has 1 aliphatic rings. The lowest BCUT2D eigenvalue weighted by Crippen LogP contribution is -2.26. The lowest BCUT2D eigenvalue weighted by molar-refractivity contribution is 0.132. The van der Waals surface area contributed by atoms with Crippen LogP contribution in [0.4, 0.5) is 13.2 Å². The zero-order valence-corrected chi connectivity index (χ0v) is 15.0. The van der Waals surface area contributed by atoms with Crippen molar-refractivity contribution >= 4 is 0 Å². The van der Waals surface area contributed by atoms with Gasteiger partial charge in [-0.1, -0.05) is 32.9 Å². The minimum Gasteiger partial charge on any atom is -0.490 e. The Morgan fingerprint density at radius 2 is 1.71 bits per heavy atom. The summed E-state index contributed by atoms with van der Waals surface area (Å²) in [6, 6.07) is 0. The van der Waals surface area contributed by atoms with Gasteiger partial charge in [-0.2, -0.15) is 0 Å². The molecule has 0 heterocycles. The standard InChI is InChI=1S/C20H27F3O/c1-13(2)15-18(23)16(21)14(3)17(22)19(15)24-12-20(4)10-8-6-5-7-9-11-20/h5-6,13H,7-12H2,1-4H3/b6-5-. The normalized spacial score (nSPS) is 23.0. The van der Waals surface area contributed by atoms with Crippen LogP contribution < -0.4 is 4.74 Å². The van der Waals surface area contributed by atoms with Crippen LogP contribution in [0.25, 0.3) is 0 Å². The van der Waals surface area contributed by atoms with Crippen molar-refractivity contribution in [2.24, 2.45) is 5.41 Å². The lowest BCUT2D eigenvalue weighted by atomic mass is 9.80. The highest BCUT2D eigenvalue weighted by molar-refractivity contribution is 5.43. The van der Waals surface area contributed by atoms with Crippen molar-refractivity contribution < 1.29 is 17.9 Å². The van der Waals surface area contributed by atoms with E-state index in [1.807, 2.05) is 0 Å². The van der Waals surface area contributed by atoms with Gasteiger partial charge in [-0.3, -0.25) is 0 Å². The fraction of sp³-hybridized carbons (Fsp3) is 0.600. The molecule has 0 aromatic heterocycles. The highest BCUT2D eigenvalue weighted by Gasteiger charge is 2.29. The molecule has 1 unspecified atom stereocenters. The lowest BCUT2D eigenvalue weighted by Gasteiger charge is -2.31. The summed E-state index contributed by atoms with van der Waals surface area (Å²) in [5.41, 5.74) is -0.424. The Kier molecular flexibility index (Phi) is 6.00. The van der Waals surface area contributed by atoms with E-state index in [1.165, 1.54) is 6.92 Å². The van der Waals surface area contributed by atoms with Crippen molar-refractivity contribution in [1.82, 2.24) is 0 Å². The molecular weight excluding hydrogens is 313 g/mol. The van der Waals surface area contributed by atoms with E-state index in [-0.39, 0.29) is 28.2 Å². The first-order valence-electron chi connectivity index (χ1n) is 8.71. The summed E-state index contributed by atoms with van der Waals surface area (Å²) in [4.78, 5) is 0. The van der Waals surface area contributed by atoms with Crippen molar-refractivity contribution in [3.63, 3.8) is 0 Å². The first-order chi connectivity index (χ1) is 11.3. The number of hydrogen-bond acceptors (Lipinski definition) is 1. The summed E-state index contributed by atoms with van der Waals surface area (Å²) in [5, 5.41) is 0. The SMILES string of the molecule is Cc1c(F)c(F)c(C(C)C)c(OCC2(C)CC/C=C\CCC2)c1F. The van der Waals surface area contributed by atoms with Crippen LogP contribution in [0, 0.1) is 29.8 Å². The van der Waals surface area contributed by atoms with E-state index < -0.39 is 17.5 Å². The molecule has 2 rings (SSSR count). The molecule has 1 aromatic rings. The van der Waals surface area contributed by atoms with Gasteiger partial charge in [0.25, 0.3) is 0 Å². The number of halogens is 3. The first-order valence-corrected chi connectivity index (χ1v) is 8.71. The van der Waals surface area contributed by atoms with Gasteiger partial charge in [0.2, 0.25) is 0 Å². The zero-order valence-electron chi connectivity index (χ0n) is 15.0. The molecule has 0 saturated carbocycles. The molecule has 0 saturated heterocycles. The third-order valence-electron chi connectivity index (χ3n) is 4.91. The molecule has 0 fully saturated rings. The van der Waals surface area contributed by atoms with Crippen LogP contribution in [0.5, 0.6) is 5.75 Å². The number of benzene rings is 1. The molecule has 4 heteroatoms. The molecule has 0 aliphatic heterocycles. The highest BCUT2D eigenvalue weighted by Crippen LogP contribution is 2.38. The van der Waals surface area contributed by atoms with Crippen molar-refractivity contribution in [3.05, 3.63) is 40.7 Å². The van der Waals surface area contributed by atoms with Crippen molar-refractivity contribution in [3.8, 4) is 5.75 Å². The van der Waals surface area contributed by atoms with E-state index in [2.05, 4.69) is 19.1 Å². The van der Waals surface area contributed by atoms with Crippen LogP contribution in [0.2, 0.25) is 0 Å². The maximum absolute atomic E-state index is 14.5. The number of hydrogen-bond donors (Lipinski definition) is 0. The fourth-order valence-corrected chi connectivity index (χ4v) is 3.25. The fourth-order valence-electron chi connectivity index (χ4n) is 3.25. The largest absolute Gasteiger partial charge is 0.490 e.